The minimum atomic E-state index is -4.43. The third-order valence-electron chi connectivity index (χ3n) is 3.62. The standard InChI is InChI=1S/C15H19F3N4O2/c1-8(2)22-13(23)20-12(21-14(22)24)19-9(3)10-5-4-6-11(7-10)15(16,17)18/h4-9,12,19H,1-3H3,(H,20,23)(H,21,24)/t9-/m0/s1. The van der Waals surface area contributed by atoms with Crippen LogP contribution in [0.1, 0.15) is 37.9 Å². The summed E-state index contributed by atoms with van der Waals surface area (Å²) in [6.45, 7) is 5.03. The molecule has 0 unspecified atom stereocenters. The monoisotopic (exact) mass is 344 g/mol. The molecule has 0 saturated carbocycles. The number of nitrogens with one attached hydrogen (secondary N) is 3. The van der Waals surface area contributed by atoms with Crippen molar-refractivity contribution in [3.05, 3.63) is 35.4 Å². The number of benzene rings is 1. The van der Waals surface area contributed by atoms with Gasteiger partial charge in [0, 0.05) is 12.1 Å². The highest BCUT2D eigenvalue weighted by molar-refractivity contribution is 5.96. The van der Waals surface area contributed by atoms with E-state index >= 15 is 0 Å². The van der Waals surface area contributed by atoms with Gasteiger partial charge in [0.05, 0.1) is 5.56 Å². The number of alkyl halides is 3. The lowest BCUT2D eigenvalue weighted by Gasteiger charge is -2.36. The molecule has 4 amide bonds. The quantitative estimate of drug-likeness (QED) is 0.786. The summed E-state index contributed by atoms with van der Waals surface area (Å²) >= 11 is 0. The molecule has 1 aromatic rings. The van der Waals surface area contributed by atoms with Gasteiger partial charge in [-0.1, -0.05) is 12.1 Å². The van der Waals surface area contributed by atoms with Crippen molar-refractivity contribution in [3.8, 4) is 0 Å². The molecular formula is C15H19F3N4O2. The number of carbonyl (C=O) groups is 2. The predicted molar refractivity (Wildman–Crippen MR) is 80.8 cm³/mol. The Morgan fingerprint density at radius 3 is 2.21 bits per heavy atom. The number of hydrogen-bond donors (Lipinski definition) is 3. The van der Waals surface area contributed by atoms with Crippen molar-refractivity contribution in [2.45, 2.75) is 45.3 Å². The summed E-state index contributed by atoms with van der Waals surface area (Å²) in [4.78, 5) is 24.9. The van der Waals surface area contributed by atoms with Gasteiger partial charge in [-0.2, -0.15) is 13.2 Å². The van der Waals surface area contributed by atoms with E-state index in [0.717, 1.165) is 17.0 Å². The van der Waals surface area contributed by atoms with Gasteiger partial charge >= 0.3 is 18.2 Å². The smallest absolute Gasteiger partial charge is 0.304 e. The molecule has 1 saturated heterocycles. The Kier molecular flexibility index (Phi) is 5.02. The highest BCUT2D eigenvalue weighted by Gasteiger charge is 2.34. The van der Waals surface area contributed by atoms with Gasteiger partial charge in [0.1, 0.15) is 0 Å². The normalized spacial score (nSPS) is 17.7. The van der Waals surface area contributed by atoms with E-state index in [4.69, 9.17) is 0 Å². The maximum absolute atomic E-state index is 12.8. The molecule has 2 rings (SSSR count). The zero-order chi connectivity index (χ0) is 18.1. The second-order valence-corrected chi connectivity index (χ2v) is 5.81. The van der Waals surface area contributed by atoms with E-state index in [1.807, 2.05) is 0 Å². The van der Waals surface area contributed by atoms with E-state index in [1.54, 1.807) is 26.8 Å². The first-order valence-corrected chi connectivity index (χ1v) is 7.43. The largest absolute Gasteiger partial charge is 0.416 e. The molecule has 0 spiro atoms. The summed E-state index contributed by atoms with van der Waals surface area (Å²) in [5.74, 6) is 0. The average molecular weight is 344 g/mol. The van der Waals surface area contributed by atoms with Gasteiger partial charge in [0.15, 0.2) is 6.29 Å². The van der Waals surface area contributed by atoms with E-state index in [0.29, 0.717) is 5.56 Å². The summed E-state index contributed by atoms with van der Waals surface area (Å²) in [6, 6.07) is 2.90. The summed E-state index contributed by atoms with van der Waals surface area (Å²) < 4.78 is 38.3. The van der Waals surface area contributed by atoms with E-state index in [2.05, 4.69) is 16.0 Å². The molecule has 9 heteroatoms. The van der Waals surface area contributed by atoms with Crippen LogP contribution in [0.15, 0.2) is 24.3 Å². The molecule has 6 nitrogen and oxygen atoms in total. The summed E-state index contributed by atoms with van der Waals surface area (Å²) in [7, 11) is 0. The molecule has 1 atom stereocenters. The number of rotatable bonds is 4. The van der Waals surface area contributed by atoms with Crippen LogP contribution >= 0.6 is 0 Å². The van der Waals surface area contributed by atoms with Crippen LogP contribution < -0.4 is 16.0 Å². The lowest BCUT2D eigenvalue weighted by atomic mass is 10.0. The Hall–Kier alpha value is -2.29. The van der Waals surface area contributed by atoms with Gasteiger partial charge in [-0.3, -0.25) is 5.32 Å². The van der Waals surface area contributed by atoms with Crippen molar-refractivity contribution in [2.24, 2.45) is 0 Å². The van der Waals surface area contributed by atoms with Gasteiger partial charge in [0.2, 0.25) is 0 Å². The number of carbonyl (C=O) groups excluding carboxylic acids is 2. The van der Waals surface area contributed by atoms with E-state index in [9.17, 15) is 22.8 Å². The molecule has 1 aliphatic heterocycles. The predicted octanol–water partition coefficient (Wildman–Crippen LogP) is 2.78. The fourth-order valence-electron chi connectivity index (χ4n) is 2.40. The highest BCUT2D eigenvalue weighted by atomic mass is 19.4. The van der Waals surface area contributed by atoms with E-state index < -0.39 is 36.1 Å². The Morgan fingerprint density at radius 1 is 1.12 bits per heavy atom. The van der Waals surface area contributed by atoms with Crippen molar-refractivity contribution in [2.75, 3.05) is 0 Å². The molecule has 1 aromatic carbocycles. The Balaban J connectivity index is 2.07. The second kappa shape index (κ2) is 6.68. The third-order valence-corrected chi connectivity index (χ3v) is 3.62. The maximum atomic E-state index is 12.8. The van der Waals surface area contributed by atoms with E-state index in [-0.39, 0.29) is 6.04 Å². The van der Waals surface area contributed by atoms with Gasteiger partial charge < -0.3 is 10.6 Å². The fraction of sp³-hybridized carbons (Fsp3) is 0.467. The molecule has 1 aliphatic rings. The van der Waals surface area contributed by atoms with Crippen molar-refractivity contribution in [1.29, 1.82) is 0 Å². The van der Waals surface area contributed by atoms with Crippen LogP contribution in [0, 0.1) is 0 Å². The van der Waals surface area contributed by atoms with Crippen LogP contribution in [-0.4, -0.2) is 29.3 Å². The zero-order valence-corrected chi connectivity index (χ0v) is 13.4. The first-order valence-electron chi connectivity index (χ1n) is 7.43. The van der Waals surface area contributed by atoms with Crippen LogP contribution in [0.5, 0.6) is 0 Å². The number of hydrogen-bond acceptors (Lipinski definition) is 3. The number of urea groups is 2. The van der Waals surface area contributed by atoms with Crippen molar-refractivity contribution in [1.82, 2.24) is 20.9 Å². The number of imide groups is 1. The van der Waals surface area contributed by atoms with Gasteiger partial charge in [-0.15, -0.1) is 0 Å². The second-order valence-electron chi connectivity index (χ2n) is 5.81. The van der Waals surface area contributed by atoms with Crippen molar-refractivity contribution < 1.29 is 22.8 Å². The zero-order valence-electron chi connectivity index (χ0n) is 13.4. The van der Waals surface area contributed by atoms with Crippen molar-refractivity contribution >= 4 is 12.1 Å². The van der Waals surface area contributed by atoms with Crippen LogP contribution in [0.3, 0.4) is 0 Å². The fourth-order valence-corrected chi connectivity index (χ4v) is 2.40. The maximum Gasteiger partial charge on any atom is 0.416 e. The molecule has 3 N–H and O–H groups in total. The minimum absolute atomic E-state index is 0.313. The molecule has 132 valence electrons. The Bertz CT molecular complexity index is 615. The SMILES string of the molecule is CC(C)N1C(=O)NC(N[C@@H](C)c2cccc(C(F)(F)F)c2)NC1=O. The van der Waals surface area contributed by atoms with Crippen LogP contribution in [0.25, 0.3) is 0 Å². The Morgan fingerprint density at radius 2 is 1.71 bits per heavy atom. The van der Waals surface area contributed by atoms with Gasteiger partial charge in [-0.05, 0) is 38.5 Å². The Labute approximate surface area is 137 Å². The molecule has 1 heterocycles. The van der Waals surface area contributed by atoms with Gasteiger partial charge in [-0.25, -0.2) is 14.5 Å². The lowest BCUT2D eigenvalue weighted by molar-refractivity contribution is -0.137. The minimum Gasteiger partial charge on any atom is -0.304 e. The highest BCUT2D eigenvalue weighted by Crippen LogP contribution is 2.30. The van der Waals surface area contributed by atoms with Crippen LogP contribution in [-0.2, 0) is 6.18 Å². The topological polar surface area (TPSA) is 73.5 Å². The molecule has 0 aliphatic carbocycles. The van der Waals surface area contributed by atoms with Gasteiger partial charge in [0.25, 0.3) is 0 Å². The molecule has 0 aromatic heterocycles. The summed E-state index contributed by atoms with van der Waals surface area (Å²) in [5.41, 5.74) is -0.365. The molecule has 1 fully saturated rings. The molecule has 0 bridgehead atoms. The molecule has 24 heavy (non-hydrogen) atoms. The van der Waals surface area contributed by atoms with E-state index in [1.165, 1.54) is 6.07 Å². The lowest BCUT2D eigenvalue weighted by Crippen LogP contribution is -2.69. The summed E-state index contributed by atoms with van der Waals surface area (Å²) in [5, 5.41) is 7.97. The van der Waals surface area contributed by atoms with Crippen molar-refractivity contribution in [3.63, 3.8) is 0 Å². The summed E-state index contributed by atoms with van der Waals surface area (Å²) in [6.07, 6.45) is -5.30. The average Bonchev–Trinajstić information content (AvgIpc) is 2.45. The third kappa shape index (κ3) is 3.97. The molecular weight excluding hydrogens is 325 g/mol. The number of nitrogens with zero attached hydrogens (tertiary/aromatic N) is 1. The first kappa shape index (κ1) is 18.1. The number of amides is 4. The van der Waals surface area contributed by atoms with Crippen LogP contribution in [0.2, 0.25) is 0 Å². The first-order chi connectivity index (χ1) is 11.1. The number of halogens is 3. The van der Waals surface area contributed by atoms with Crippen LogP contribution in [0.4, 0.5) is 22.8 Å². The molecule has 0 radical (unpaired) electrons.